The van der Waals surface area contributed by atoms with E-state index >= 15 is 0 Å². The number of pyridine rings is 1. The number of methoxy groups -OCH3 is 2. The average molecular weight is 638 g/mol. The standard InChI is InChI=1S/C34H38Cl2N4O4/c1-6-30(41)38-27-18-26(40-12-10-39(7-2)11-13-40)9-8-21(27)16-25-17-22-14-24(15-23(22)20-37-25)34(3,42)31-32(35)28(43-4)19-29(44-5)33(31)36/h6,8-9,14,17-20,42H,1,7,10-13,15-16H2,2-5H3,(H,38,41). The number of hydrogen-bond acceptors (Lipinski definition) is 7. The first-order valence-electron chi connectivity index (χ1n) is 14.6. The van der Waals surface area contributed by atoms with Crippen molar-refractivity contribution in [3.8, 4) is 11.5 Å². The summed E-state index contributed by atoms with van der Waals surface area (Å²) in [5.74, 6) is 0.455. The van der Waals surface area contributed by atoms with Gasteiger partial charge in [0.1, 0.15) is 17.1 Å². The van der Waals surface area contributed by atoms with Gasteiger partial charge in [-0.05, 0) is 66.4 Å². The van der Waals surface area contributed by atoms with Gasteiger partial charge in [-0.25, -0.2) is 0 Å². The van der Waals surface area contributed by atoms with E-state index < -0.39 is 5.60 Å². The smallest absolute Gasteiger partial charge is 0.247 e. The van der Waals surface area contributed by atoms with E-state index in [1.807, 2.05) is 24.4 Å². The fourth-order valence-corrected chi connectivity index (χ4v) is 6.76. The summed E-state index contributed by atoms with van der Waals surface area (Å²) in [5, 5.41) is 15.3. The number of rotatable bonds is 10. The van der Waals surface area contributed by atoms with Gasteiger partial charge in [-0.3, -0.25) is 9.78 Å². The van der Waals surface area contributed by atoms with Gasteiger partial charge < -0.3 is 29.7 Å². The number of piperazine rings is 1. The summed E-state index contributed by atoms with van der Waals surface area (Å²) < 4.78 is 10.8. The third-order valence-electron chi connectivity index (χ3n) is 8.57. The molecule has 0 saturated carbocycles. The zero-order valence-corrected chi connectivity index (χ0v) is 27.1. The molecule has 232 valence electrons. The van der Waals surface area contributed by atoms with Crippen molar-refractivity contribution < 1.29 is 19.4 Å². The van der Waals surface area contributed by atoms with E-state index in [-0.39, 0.29) is 16.0 Å². The number of aliphatic hydroxyl groups is 1. The van der Waals surface area contributed by atoms with Gasteiger partial charge in [0.05, 0.1) is 24.3 Å². The predicted molar refractivity (Wildman–Crippen MR) is 177 cm³/mol. The van der Waals surface area contributed by atoms with E-state index in [1.165, 1.54) is 20.3 Å². The van der Waals surface area contributed by atoms with Crippen molar-refractivity contribution in [2.45, 2.75) is 32.3 Å². The molecule has 1 atom stereocenters. The molecular formula is C34H38Cl2N4O4. The summed E-state index contributed by atoms with van der Waals surface area (Å²) in [7, 11) is 3.00. The van der Waals surface area contributed by atoms with E-state index in [2.05, 4.69) is 40.8 Å². The molecule has 44 heavy (non-hydrogen) atoms. The van der Waals surface area contributed by atoms with Crippen LogP contribution in [-0.4, -0.2) is 67.8 Å². The molecule has 2 aliphatic rings. The molecule has 1 saturated heterocycles. The number of likely N-dealkylation sites (N-methyl/N-ethyl adjacent to an activating group) is 1. The number of carbonyl (C=O) groups excluding carboxylic acids is 1. The highest BCUT2D eigenvalue weighted by Gasteiger charge is 2.37. The number of fused-ring (bicyclic) bond motifs is 1. The lowest BCUT2D eigenvalue weighted by Gasteiger charge is -2.35. The van der Waals surface area contributed by atoms with Crippen LogP contribution in [0.2, 0.25) is 10.0 Å². The lowest BCUT2D eigenvalue weighted by molar-refractivity contribution is -0.111. The van der Waals surface area contributed by atoms with Crippen molar-refractivity contribution in [2.75, 3.05) is 57.2 Å². The fraction of sp³-hybridized carbons (Fsp3) is 0.353. The number of nitrogens with zero attached hydrogens (tertiary/aromatic N) is 3. The second kappa shape index (κ2) is 13.2. The molecule has 5 rings (SSSR count). The molecule has 0 spiro atoms. The fourth-order valence-electron chi connectivity index (χ4n) is 5.89. The van der Waals surface area contributed by atoms with E-state index in [9.17, 15) is 9.90 Å². The Labute approximate surface area is 268 Å². The summed E-state index contributed by atoms with van der Waals surface area (Å²) in [6.45, 7) is 12.4. The second-order valence-electron chi connectivity index (χ2n) is 11.2. The molecule has 2 aromatic carbocycles. The number of benzene rings is 2. The van der Waals surface area contributed by atoms with Crippen LogP contribution in [0, 0.1) is 0 Å². The van der Waals surface area contributed by atoms with Crippen LogP contribution in [0.4, 0.5) is 11.4 Å². The van der Waals surface area contributed by atoms with Gasteiger partial charge in [0.15, 0.2) is 0 Å². The summed E-state index contributed by atoms with van der Waals surface area (Å²) in [6, 6.07) is 9.82. The number of aromatic nitrogens is 1. The normalized spacial score (nSPS) is 16.2. The molecule has 8 nitrogen and oxygen atoms in total. The van der Waals surface area contributed by atoms with Crippen molar-refractivity contribution in [2.24, 2.45) is 0 Å². The van der Waals surface area contributed by atoms with Crippen molar-refractivity contribution in [3.63, 3.8) is 0 Å². The van der Waals surface area contributed by atoms with Crippen LogP contribution in [-0.2, 0) is 23.2 Å². The molecule has 1 aliphatic heterocycles. The molecule has 1 fully saturated rings. The van der Waals surface area contributed by atoms with E-state index in [0.29, 0.717) is 29.9 Å². The Hall–Kier alpha value is -3.56. The molecule has 1 aromatic heterocycles. The van der Waals surface area contributed by atoms with Crippen molar-refractivity contribution in [3.05, 3.63) is 92.7 Å². The Morgan fingerprint density at radius 3 is 2.41 bits per heavy atom. The second-order valence-corrected chi connectivity index (χ2v) is 12.0. The zero-order valence-electron chi connectivity index (χ0n) is 25.5. The maximum absolute atomic E-state index is 12.4. The molecule has 1 unspecified atom stereocenters. The first-order chi connectivity index (χ1) is 21.1. The predicted octanol–water partition coefficient (Wildman–Crippen LogP) is 6.11. The Morgan fingerprint density at radius 2 is 1.80 bits per heavy atom. The highest BCUT2D eigenvalue weighted by Crippen LogP contribution is 2.49. The van der Waals surface area contributed by atoms with Crippen LogP contribution in [0.1, 0.15) is 41.8 Å². The summed E-state index contributed by atoms with van der Waals surface area (Å²) in [5.41, 5.74) is 5.06. The molecular weight excluding hydrogens is 599 g/mol. The number of carbonyl (C=O) groups is 1. The largest absolute Gasteiger partial charge is 0.495 e. The van der Waals surface area contributed by atoms with Gasteiger partial charge >= 0.3 is 0 Å². The molecule has 1 amide bonds. The number of nitrogens with one attached hydrogen (secondary N) is 1. The molecule has 2 N–H and O–H groups in total. The average Bonchev–Trinajstić information content (AvgIpc) is 3.46. The third kappa shape index (κ3) is 6.31. The van der Waals surface area contributed by atoms with Crippen LogP contribution in [0.15, 0.2) is 54.8 Å². The van der Waals surface area contributed by atoms with Crippen LogP contribution < -0.4 is 19.7 Å². The molecule has 2 heterocycles. The van der Waals surface area contributed by atoms with E-state index in [0.717, 1.165) is 72.1 Å². The zero-order chi connectivity index (χ0) is 31.6. The van der Waals surface area contributed by atoms with E-state index in [4.69, 9.17) is 37.7 Å². The Kier molecular flexibility index (Phi) is 9.56. The monoisotopic (exact) mass is 636 g/mol. The van der Waals surface area contributed by atoms with Crippen LogP contribution >= 0.6 is 23.2 Å². The minimum atomic E-state index is -1.50. The van der Waals surface area contributed by atoms with Gasteiger partial charge in [-0.15, -0.1) is 0 Å². The van der Waals surface area contributed by atoms with Crippen molar-refractivity contribution >= 4 is 46.6 Å². The SMILES string of the molecule is C=CC(=O)Nc1cc(N2CCN(CC)CC2)ccc1Cc1cc2c(cn1)CC(C(C)(O)c1c(Cl)c(OC)cc(OC)c1Cl)=C2. The quantitative estimate of drug-likeness (QED) is 0.260. The van der Waals surface area contributed by atoms with Gasteiger partial charge in [0.2, 0.25) is 5.91 Å². The van der Waals surface area contributed by atoms with Gasteiger partial charge in [-0.1, -0.05) is 48.8 Å². The Balaban J connectivity index is 1.43. The van der Waals surface area contributed by atoms with Crippen molar-refractivity contribution in [1.82, 2.24) is 9.88 Å². The minimum absolute atomic E-state index is 0.226. The van der Waals surface area contributed by atoms with Gasteiger partial charge in [0.25, 0.3) is 0 Å². The number of amides is 1. The summed E-state index contributed by atoms with van der Waals surface area (Å²) >= 11 is 13.3. The van der Waals surface area contributed by atoms with Crippen LogP contribution in [0.3, 0.4) is 0 Å². The maximum Gasteiger partial charge on any atom is 0.247 e. The maximum atomic E-state index is 12.4. The number of hydrogen-bond donors (Lipinski definition) is 2. The number of halogens is 2. The van der Waals surface area contributed by atoms with Crippen molar-refractivity contribution in [1.29, 1.82) is 0 Å². The minimum Gasteiger partial charge on any atom is -0.495 e. The molecule has 3 aromatic rings. The molecule has 0 radical (unpaired) electrons. The topological polar surface area (TPSA) is 87.2 Å². The first-order valence-corrected chi connectivity index (χ1v) is 15.4. The van der Waals surface area contributed by atoms with Gasteiger partial charge in [-0.2, -0.15) is 0 Å². The lowest BCUT2D eigenvalue weighted by Crippen LogP contribution is -2.46. The number of anilines is 2. The molecule has 0 bridgehead atoms. The summed E-state index contributed by atoms with van der Waals surface area (Å²) in [6.07, 6.45) is 6.05. The summed E-state index contributed by atoms with van der Waals surface area (Å²) in [4.78, 5) is 21.9. The highest BCUT2D eigenvalue weighted by atomic mass is 35.5. The van der Waals surface area contributed by atoms with Crippen LogP contribution in [0.25, 0.3) is 6.08 Å². The molecule has 1 aliphatic carbocycles. The van der Waals surface area contributed by atoms with E-state index in [1.54, 1.807) is 13.0 Å². The highest BCUT2D eigenvalue weighted by molar-refractivity contribution is 6.38. The third-order valence-corrected chi connectivity index (χ3v) is 9.32. The Bertz CT molecular complexity index is 1580. The van der Waals surface area contributed by atoms with Gasteiger partial charge in [0, 0.05) is 67.5 Å². The number of ether oxygens (including phenoxy) is 2. The lowest BCUT2D eigenvalue weighted by atomic mass is 9.86. The van der Waals surface area contributed by atoms with Crippen LogP contribution in [0.5, 0.6) is 11.5 Å². The molecule has 10 heteroatoms. The Morgan fingerprint density at radius 1 is 1.11 bits per heavy atom. The first kappa shape index (κ1) is 31.9.